The first-order valence-corrected chi connectivity index (χ1v) is 30.0. The molecule has 3 unspecified atom stereocenters. The minimum absolute atomic E-state index is 0.124. The van der Waals surface area contributed by atoms with Crippen molar-refractivity contribution in [2.75, 3.05) is 26.4 Å². The Balaban J connectivity index is 4.81. The van der Waals surface area contributed by atoms with Crippen molar-refractivity contribution in [2.45, 2.75) is 251 Å². The molecule has 0 amide bonds. The van der Waals surface area contributed by atoms with Crippen LogP contribution in [0.4, 0.5) is 0 Å². The predicted molar refractivity (Wildman–Crippen MR) is 298 cm³/mol. The number of aliphatic hydroxyl groups excluding tert-OH is 1. The van der Waals surface area contributed by atoms with Crippen LogP contribution in [-0.2, 0) is 42.2 Å². The molecule has 0 saturated carbocycles. The molecule has 0 aliphatic heterocycles. The summed E-state index contributed by atoms with van der Waals surface area (Å²) in [4.78, 5) is 48.5. The Bertz CT molecular complexity index is 1530. The zero-order chi connectivity index (χ0) is 52.7. The third-order valence-electron chi connectivity index (χ3n) is 11.8. The Morgan fingerprint density at radius 3 is 1.14 bits per heavy atom. The van der Waals surface area contributed by atoms with E-state index >= 15 is 0 Å². The van der Waals surface area contributed by atoms with Gasteiger partial charge in [0.1, 0.15) is 12.7 Å². The van der Waals surface area contributed by atoms with E-state index in [1.807, 2.05) is 0 Å². The Morgan fingerprint density at radius 2 is 0.722 bits per heavy atom. The highest BCUT2D eigenvalue weighted by molar-refractivity contribution is 7.47. The van der Waals surface area contributed by atoms with Gasteiger partial charge in [-0.1, -0.05) is 189 Å². The summed E-state index contributed by atoms with van der Waals surface area (Å²) in [6, 6.07) is 0. The first-order valence-electron chi connectivity index (χ1n) is 28.5. The van der Waals surface area contributed by atoms with Crippen LogP contribution < -0.4 is 0 Å². The third kappa shape index (κ3) is 51.6. The number of hydrogen-bond acceptors (Lipinski definition) is 10. The predicted octanol–water partition coefficient (Wildman–Crippen LogP) is 16.7. The van der Waals surface area contributed by atoms with E-state index in [1.165, 1.54) is 51.4 Å². The van der Waals surface area contributed by atoms with Crippen LogP contribution in [0.1, 0.15) is 239 Å². The maximum absolute atomic E-state index is 12.9. The fraction of sp³-hybridized carbons (Fsp3) is 0.717. The molecule has 0 heterocycles. The molecule has 0 radical (unpaired) electrons. The zero-order valence-electron chi connectivity index (χ0n) is 45.6. The highest BCUT2D eigenvalue weighted by Crippen LogP contribution is 2.43. The number of hydrogen-bond donors (Lipinski definition) is 2. The molecule has 0 saturated heterocycles. The molecule has 12 heteroatoms. The number of carbonyl (C=O) groups excluding carboxylic acids is 3. The number of phosphoric ester groups is 1. The first-order chi connectivity index (χ1) is 35.2. The number of ether oxygens (including phenoxy) is 3. The Morgan fingerprint density at radius 1 is 0.403 bits per heavy atom. The first kappa shape index (κ1) is 68.7. The standard InChI is InChI=1S/C60H103O11P/c1-4-7-10-13-16-19-22-25-26-27-28-29-30-33-36-39-42-45-48-51-60(64)71-57(53-67-58(62)49-46-43-40-37-34-31-23-20-17-14-11-8-5-2)55-69-72(65,66)68-54-56(52-61)70-59(63)50-47-44-41-38-35-32-24-21-18-15-12-9-6-3/h7,10,16,19-21,23-26,28-29,33,36,56-57,61H,4-6,8-9,11-15,17-18,22,27,30-32,34-35,37-55H2,1-3H3,(H,65,66)/b10-7-,19-16-,23-20-,24-21-,26-25-,29-28-,36-33-. The highest BCUT2D eigenvalue weighted by atomic mass is 31.2. The SMILES string of the molecule is CC/C=C\C/C=C\C/C=C\C/C=C\C/C=C\CCCCCC(=O)OC(COC(=O)CCCCCCC/C=C\CCCCCC)COP(=O)(O)OCC(CO)OC(=O)CCCCCCC/C=C\CCCCCC. The molecule has 0 bridgehead atoms. The molecule has 0 rings (SSSR count). The van der Waals surface area contributed by atoms with Crippen molar-refractivity contribution in [3.05, 3.63) is 85.1 Å². The quantitative estimate of drug-likeness (QED) is 0.0197. The maximum Gasteiger partial charge on any atom is 0.472 e. The van der Waals surface area contributed by atoms with E-state index in [9.17, 15) is 28.9 Å². The van der Waals surface area contributed by atoms with E-state index in [0.717, 1.165) is 128 Å². The second-order valence-corrected chi connectivity index (χ2v) is 20.2. The molecular weight excluding hydrogens is 928 g/mol. The van der Waals surface area contributed by atoms with Gasteiger partial charge in [-0.25, -0.2) is 4.57 Å². The fourth-order valence-electron chi connectivity index (χ4n) is 7.43. The molecule has 0 aromatic carbocycles. The van der Waals surface area contributed by atoms with E-state index in [0.29, 0.717) is 19.3 Å². The van der Waals surface area contributed by atoms with Crippen molar-refractivity contribution >= 4 is 25.7 Å². The van der Waals surface area contributed by atoms with Crippen molar-refractivity contribution in [3.63, 3.8) is 0 Å². The molecule has 3 atom stereocenters. The van der Waals surface area contributed by atoms with Crippen molar-refractivity contribution in [1.82, 2.24) is 0 Å². The molecule has 2 N–H and O–H groups in total. The number of unbranched alkanes of at least 4 members (excludes halogenated alkanes) is 21. The topological polar surface area (TPSA) is 155 Å². The van der Waals surface area contributed by atoms with Gasteiger partial charge < -0.3 is 24.2 Å². The van der Waals surface area contributed by atoms with Gasteiger partial charge in [0, 0.05) is 19.3 Å². The zero-order valence-corrected chi connectivity index (χ0v) is 46.5. The van der Waals surface area contributed by atoms with Crippen LogP contribution in [0.25, 0.3) is 0 Å². The molecule has 0 aliphatic carbocycles. The van der Waals surface area contributed by atoms with E-state index < -0.39 is 57.8 Å². The van der Waals surface area contributed by atoms with Crippen LogP contribution in [0.2, 0.25) is 0 Å². The van der Waals surface area contributed by atoms with Gasteiger partial charge >= 0.3 is 25.7 Å². The second kappa shape index (κ2) is 53.9. The van der Waals surface area contributed by atoms with Gasteiger partial charge in [-0.2, -0.15) is 0 Å². The minimum Gasteiger partial charge on any atom is -0.462 e. The van der Waals surface area contributed by atoms with Gasteiger partial charge in [0.25, 0.3) is 0 Å². The van der Waals surface area contributed by atoms with Crippen molar-refractivity contribution in [1.29, 1.82) is 0 Å². The van der Waals surface area contributed by atoms with E-state index in [4.69, 9.17) is 23.3 Å². The number of allylic oxidation sites excluding steroid dienone is 14. The number of phosphoric acid groups is 1. The number of carbonyl (C=O) groups is 3. The lowest BCUT2D eigenvalue weighted by molar-refractivity contribution is -0.161. The van der Waals surface area contributed by atoms with Crippen LogP contribution in [0.15, 0.2) is 85.1 Å². The molecule has 72 heavy (non-hydrogen) atoms. The molecule has 0 aromatic heterocycles. The molecular formula is C60H103O11P. The molecule has 0 spiro atoms. The monoisotopic (exact) mass is 1030 g/mol. The van der Waals surface area contributed by atoms with Gasteiger partial charge in [0.15, 0.2) is 6.10 Å². The van der Waals surface area contributed by atoms with Crippen molar-refractivity contribution in [3.8, 4) is 0 Å². The van der Waals surface area contributed by atoms with Crippen LogP contribution in [0.3, 0.4) is 0 Å². The van der Waals surface area contributed by atoms with Crippen LogP contribution in [0, 0.1) is 0 Å². The highest BCUT2D eigenvalue weighted by Gasteiger charge is 2.28. The summed E-state index contributed by atoms with van der Waals surface area (Å²) in [6.45, 7) is 4.44. The normalized spacial score (nSPS) is 14.0. The summed E-state index contributed by atoms with van der Waals surface area (Å²) >= 11 is 0. The summed E-state index contributed by atoms with van der Waals surface area (Å²) < 4.78 is 39.4. The lowest BCUT2D eigenvalue weighted by Gasteiger charge is -2.21. The summed E-state index contributed by atoms with van der Waals surface area (Å²) in [7, 11) is -4.76. The summed E-state index contributed by atoms with van der Waals surface area (Å²) in [5, 5.41) is 9.80. The average molecular weight is 1030 g/mol. The van der Waals surface area contributed by atoms with Crippen LogP contribution >= 0.6 is 7.82 Å². The lowest BCUT2D eigenvalue weighted by Crippen LogP contribution is -2.30. The lowest BCUT2D eigenvalue weighted by atomic mass is 10.1. The van der Waals surface area contributed by atoms with Gasteiger partial charge in [-0.15, -0.1) is 0 Å². The van der Waals surface area contributed by atoms with Gasteiger partial charge in [0.05, 0.1) is 19.8 Å². The second-order valence-electron chi connectivity index (χ2n) is 18.7. The summed E-state index contributed by atoms with van der Waals surface area (Å²) in [5.41, 5.74) is 0. The number of rotatable bonds is 52. The minimum atomic E-state index is -4.76. The maximum atomic E-state index is 12.9. The van der Waals surface area contributed by atoms with E-state index in [2.05, 4.69) is 106 Å². The molecule has 0 aliphatic rings. The third-order valence-corrected chi connectivity index (χ3v) is 12.7. The average Bonchev–Trinajstić information content (AvgIpc) is 3.37. The van der Waals surface area contributed by atoms with Crippen LogP contribution in [0.5, 0.6) is 0 Å². The van der Waals surface area contributed by atoms with E-state index in [-0.39, 0.29) is 25.9 Å². The molecule has 0 aromatic rings. The van der Waals surface area contributed by atoms with Crippen LogP contribution in [-0.4, -0.2) is 66.5 Å². The van der Waals surface area contributed by atoms with Crippen molar-refractivity contribution < 1.29 is 52.2 Å². The summed E-state index contributed by atoms with van der Waals surface area (Å²) in [5.74, 6) is -1.52. The van der Waals surface area contributed by atoms with Gasteiger partial charge in [0.2, 0.25) is 0 Å². The van der Waals surface area contributed by atoms with Gasteiger partial charge in [-0.3, -0.25) is 23.4 Å². The summed E-state index contributed by atoms with van der Waals surface area (Å²) in [6.07, 6.45) is 61.1. The Labute approximate surface area is 439 Å². The fourth-order valence-corrected chi connectivity index (χ4v) is 8.21. The number of esters is 3. The largest absolute Gasteiger partial charge is 0.472 e. The van der Waals surface area contributed by atoms with E-state index in [1.54, 1.807) is 0 Å². The molecule has 414 valence electrons. The van der Waals surface area contributed by atoms with Crippen molar-refractivity contribution in [2.24, 2.45) is 0 Å². The smallest absolute Gasteiger partial charge is 0.462 e. The Kier molecular flexibility index (Phi) is 51.4. The molecule has 0 fully saturated rings. The Hall–Kier alpha value is -3.34. The van der Waals surface area contributed by atoms with Gasteiger partial charge in [-0.05, 0) is 116 Å². The number of aliphatic hydroxyl groups is 1. The molecule has 11 nitrogen and oxygen atoms in total.